The highest BCUT2D eigenvalue weighted by Gasteiger charge is 2.04. The Labute approximate surface area is 59.7 Å². The SMILES string of the molecule is CCn1c[c]nc1C(C)=O. The van der Waals surface area contributed by atoms with Gasteiger partial charge in [-0.1, -0.05) is 0 Å². The number of Topliss-reactive ketones (excluding diaryl/α,β-unsaturated/α-hetero) is 1. The highest BCUT2D eigenvalue weighted by atomic mass is 16.1. The van der Waals surface area contributed by atoms with Crippen molar-refractivity contribution in [1.29, 1.82) is 0 Å². The van der Waals surface area contributed by atoms with Gasteiger partial charge in [-0.2, -0.15) is 0 Å². The number of carbonyl (C=O) groups excluding carboxylic acids is 1. The van der Waals surface area contributed by atoms with Crippen LogP contribution in [0.2, 0.25) is 0 Å². The molecule has 0 unspecified atom stereocenters. The molecule has 0 aliphatic carbocycles. The molecule has 0 aliphatic heterocycles. The lowest BCUT2D eigenvalue weighted by Gasteiger charge is -1.98. The number of nitrogens with zero attached hydrogens (tertiary/aromatic N) is 2. The molecule has 0 spiro atoms. The summed E-state index contributed by atoms with van der Waals surface area (Å²) < 4.78 is 1.77. The third-order valence-corrected chi connectivity index (χ3v) is 1.31. The Morgan fingerprint density at radius 2 is 2.60 bits per heavy atom. The molecule has 0 bridgehead atoms. The number of hydrogen-bond donors (Lipinski definition) is 0. The van der Waals surface area contributed by atoms with Gasteiger partial charge >= 0.3 is 0 Å². The predicted molar refractivity (Wildman–Crippen MR) is 36.7 cm³/mol. The van der Waals surface area contributed by atoms with E-state index in [9.17, 15) is 4.79 Å². The maximum Gasteiger partial charge on any atom is 0.195 e. The van der Waals surface area contributed by atoms with Gasteiger partial charge < -0.3 is 4.57 Å². The molecule has 0 N–H and O–H groups in total. The highest BCUT2D eigenvalue weighted by molar-refractivity contribution is 5.90. The third kappa shape index (κ3) is 1.07. The first kappa shape index (κ1) is 6.99. The zero-order valence-electron chi connectivity index (χ0n) is 6.09. The van der Waals surface area contributed by atoms with E-state index in [-0.39, 0.29) is 5.78 Å². The second-order valence-corrected chi connectivity index (χ2v) is 2.04. The lowest BCUT2D eigenvalue weighted by Crippen LogP contribution is -2.05. The van der Waals surface area contributed by atoms with Crippen LogP contribution in [0, 0.1) is 6.20 Å². The summed E-state index contributed by atoms with van der Waals surface area (Å²) in [5, 5.41) is 0. The lowest BCUT2D eigenvalue weighted by molar-refractivity contribution is 0.0999. The Morgan fingerprint density at radius 1 is 1.90 bits per heavy atom. The fourth-order valence-electron chi connectivity index (χ4n) is 0.807. The minimum Gasteiger partial charge on any atom is -0.328 e. The maximum absolute atomic E-state index is 10.8. The first-order chi connectivity index (χ1) is 4.75. The molecule has 3 nitrogen and oxygen atoms in total. The van der Waals surface area contributed by atoms with Gasteiger partial charge in [0, 0.05) is 19.7 Å². The number of ketones is 1. The van der Waals surface area contributed by atoms with E-state index in [0.29, 0.717) is 5.82 Å². The summed E-state index contributed by atoms with van der Waals surface area (Å²) in [6.45, 7) is 4.23. The van der Waals surface area contributed by atoms with E-state index >= 15 is 0 Å². The Kier molecular flexibility index (Phi) is 1.85. The summed E-state index contributed by atoms with van der Waals surface area (Å²) in [6.07, 6.45) is 4.30. The Bertz CT molecular complexity index is 240. The van der Waals surface area contributed by atoms with Crippen molar-refractivity contribution in [2.75, 3.05) is 0 Å². The average Bonchev–Trinajstić information content (AvgIpc) is 2.33. The molecule has 0 atom stereocenters. The largest absolute Gasteiger partial charge is 0.328 e. The van der Waals surface area contributed by atoms with Crippen LogP contribution >= 0.6 is 0 Å². The van der Waals surface area contributed by atoms with Crippen LogP contribution in [0.25, 0.3) is 0 Å². The fraction of sp³-hybridized carbons (Fsp3) is 0.429. The van der Waals surface area contributed by atoms with Gasteiger partial charge in [0.05, 0.1) is 0 Å². The molecule has 1 radical (unpaired) electrons. The van der Waals surface area contributed by atoms with Crippen molar-refractivity contribution in [3.05, 3.63) is 18.2 Å². The van der Waals surface area contributed by atoms with Gasteiger partial charge in [-0.05, 0) is 6.92 Å². The van der Waals surface area contributed by atoms with Crippen molar-refractivity contribution in [3.63, 3.8) is 0 Å². The molecule has 0 aromatic carbocycles. The number of aryl methyl sites for hydroxylation is 1. The number of imidazole rings is 1. The second kappa shape index (κ2) is 2.64. The summed E-state index contributed by atoms with van der Waals surface area (Å²) in [5.41, 5.74) is 0. The molecular formula is C7H9N2O. The molecule has 10 heavy (non-hydrogen) atoms. The van der Waals surface area contributed by atoms with Crippen molar-refractivity contribution in [1.82, 2.24) is 9.55 Å². The Morgan fingerprint density at radius 3 is 3.00 bits per heavy atom. The van der Waals surface area contributed by atoms with Gasteiger partial charge in [-0.15, -0.1) is 0 Å². The predicted octanol–water partition coefficient (Wildman–Crippen LogP) is 0.906. The zero-order chi connectivity index (χ0) is 7.56. The summed E-state index contributed by atoms with van der Waals surface area (Å²) in [7, 11) is 0. The van der Waals surface area contributed by atoms with E-state index < -0.39 is 0 Å². The molecule has 0 fully saturated rings. The normalized spacial score (nSPS) is 9.80. The standard InChI is InChI=1S/C7H9N2O/c1-3-9-5-4-8-7(9)6(2)10/h5H,3H2,1-2H3. The van der Waals surface area contributed by atoms with Gasteiger partial charge in [0.15, 0.2) is 11.6 Å². The number of rotatable bonds is 2. The monoisotopic (exact) mass is 137 g/mol. The van der Waals surface area contributed by atoms with Crippen LogP contribution in [-0.4, -0.2) is 15.3 Å². The molecule has 1 heterocycles. The van der Waals surface area contributed by atoms with Crippen LogP contribution in [0.4, 0.5) is 0 Å². The first-order valence-electron chi connectivity index (χ1n) is 3.20. The highest BCUT2D eigenvalue weighted by Crippen LogP contribution is 1.96. The minimum atomic E-state index is -0.0110. The minimum absolute atomic E-state index is 0.0110. The van der Waals surface area contributed by atoms with Crippen LogP contribution in [0.15, 0.2) is 6.20 Å². The van der Waals surface area contributed by atoms with Crippen molar-refractivity contribution in [2.24, 2.45) is 0 Å². The molecule has 0 saturated heterocycles. The average molecular weight is 137 g/mol. The zero-order valence-corrected chi connectivity index (χ0v) is 6.09. The van der Waals surface area contributed by atoms with E-state index in [1.807, 2.05) is 6.92 Å². The quantitative estimate of drug-likeness (QED) is 0.568. The summed E-state index contributed by atoms with van der Waals surface area (Å²) in [5.74, 6) is 0.477. The number of hydrogen-bond acceptors (Lipinski definition) is 2. The number of carbonyl (C=O) groups is 1. The van der Waals surface area contributed by atoms with Crippen molar-refractivity contribution >= 4 is 5.78 Å². The van der Waals surface area contributed by atoms with Gasteiger partial charge in [0.25, 0.3) is 0 Å². The molecule has 1 aromatic heterocycles. The van der Waals surface area contributed by atoms with Gasteiger partial charge in [-0.3, -0.25) is 4.79 Å². The molecule has 53 valence electrons. The van der Waals surface area contributed by atoms with Crippen LogP contribution in [0.3, 0.4) is 0 Å². The van der Waals surface area contributed by atoms with Crippen LogP contribution in [-0.2, 0) is 6.54 Å². The molecule has 0 amide bonds. The molecule has 0 saturated carbocycles. The van der Waals surface area contributed by atoms with E-state index in [1.165, 1.54) is 6.92 Å². The van der Waals surface area contributed by atoms with Gasteiger partial charge in [0.2, 0.25) is 0 Å². The van der Waals surface area contributed by atoms with Crippen molar-refractivity contribution < 1.29 is 4.79 Å². The topological polar surface area (TPSA) is 34.9 Å². The number of aromatic nitrogens is 2. The third-order valence-electron chi connectivity index (χ3n) is 1.31. The molecule has 1 rings (SSSR count). The van der Waals surface area contributed by atoms with Crippen LogP contribution in [0.1, 0.15) is 24.5 Å². The van der Waals surface area contributed by atoms with E-state index in [4.69, 9.17) is 0 Å². The summed E-state index contributed by atoms with van der Waals surface area (Å²) in [4.78, 5) is 14.6. The maximum atomic E-state index is 10.8. The van der Waals surface area contributed by atoms with E-state index in [0.717, 1.165) is 6.54 Å². The molecule has 0 aliphatic rings. The van der Waals surface area contributed by atoms with Crippen LogP contribution < -0.4 is 0 Å². The van der Waals surface area contributed by atoms with Crippen LogP contribution in [0.5, 0.6) is 0 Å². The summed E-state index contributed by atoms with van der Waals surface area (Å²) in [6, 6.07) is 0. The first-order valence-corrected chi connectivity index (χ1v) is 3.20. The van der Waals surface area contributed by atoms with E-state index in [2.05, 4.69) is 11.2 Å². The fourth-order valence-corrected chi connectivity index (χ4v) is 0.807. The van der Waals surface area contributed by atoms with Gasteiger partial charge in [0.1, 0.15) is 6.20 Å². The molecule has 3 heteroatoms. The van der Waals surface area contributed by atoms with E-state index in [1.54, 1.807) is 10.8 Å². The Balaban J connectivity index is 3.01. The Hall–Kier alpha value is -1.12. The lowest BCUT2D eigenvalue weighted by atomic mass is 10.4. The molecular weight excluding hydrogens is 128 g/mol. The smallest absolute Gasteiger partial charge is 0.195 e. The molecule has 1 aromatic rings. The second-order valence-electron chi connectivity index (χ2n) is 2.04. The van der Waals surface area contributed by atoms with Crippen molar-refractivity contribution in [2.45, 2.75) is 20.4 Å². The van der Waals surface area contributed by atoms with Gasteiger partial charge in [-0.25, -0.2) is 4.98 Å². The summed E-state index contributed by atoms with van der Waals surface area (Å²) >= 11 is 0. The van der Waals surface area contributed by atoms with Crippen molar-refractivity contribution in [3.8, 4) is 0 Å².